The number of aliphatic hydroxyl groups is 1. The highest BCUT2D eigenvalue weighted by Gasteiger charge is 2.16. The number of β-amino-alcohol motifs (C(OH)–C–C–N with tert-alkyl or cyclic N) is 1. The lowest BCUT2D eigenvalue weighted by molar-refractivity contribution is 0.0984. The summed E-state index contributed by atoms with van der Waals surface area (Å²) in [5, 5.41) is 9.15. The van der Waals surface area contributed by atoms with Gasteiger partial charge in [0, 0.05) is 13.1 Å². The Labute approximate surface area is 69.2 Å². The Kier molecular flexibility index (Phi) is 3.34. The third-order valence-corrected chi connectivity index (χ3v) is 2.26. The first-order valence-electron chi connectivity index (χ1n) is 4.59. The predicted molar refractivity (Wildman–Crippen MR) is 46.5 cm³/mol. The second kappa shape index (κ2) is 4.07. The molecule has 0 spiro atoms. The quantitative estimate of drug-likeness (QED) is 0.649. The monoisotopic (exact) mass is 157 g/mol. The van der Waals surface area contributed by atoms with Gasteiger partial charge in [-0.15, -0.1) is 0 Å². The molecule has 1 aliphatic heterocycles. The van der Waals surface area contributed by atoms with Crippen molar-refractivity contribution >= 4 is 0 Å². The van der Waals surface area contributed by atoms with Crippen LogP contribution in [0.25, 0.3) is 0 Å². The number of hydrogen-bond acceptors (Lipinski definition) is 2. The second-order valence-corrected chi connectivity index (χ2v) is 3.86. The molecule has 11 heavy (non-hydrogen) atoms. The van der Waals surface area contributed by atoms with E-state index in [4.69, 9.17) is 5.11 Å². The van der Waals surface area contributed by atoms with Gasteiger partial charge in [0.1, 0.15) is 0 Å². The zero-order valence-electron chi connectivity index (χ0n) is 7.58. The van der Waals surface area contributed by atoms with Crippen molar-refractivity contribution in [1.82, 2.24) is 4.90 Å². The minimum atomic E-state index is -0.166. The minimum Gasteiger partial charge on any atom is -0.392 e. The summed E-state index contributed by atoms with van der Waals surface area (Å²) in [6, 6.07) is 0. The van der Waals surface area contributed by atoms with Crippen LogP contribution in [0.1, 0.15) is 26.7 Å². The highest BCUT2D eigenvalue weighted by molar-refractivity contribution is 4.70. The summed E-state index contributed by atoms with van der Waals surface area (Å²) in [6.45, 7) is 7.35. The molecule has 0 aliphatic carbocycles. The Balaban J connectivity index is 2.23. The summed E-state index contributed by atoms with van der Waals surface area (Å²) < 4.78 is 0. The molecule has 0 saturated carbocycles. The number of likely N-dealkylation sites (tertiary alicyclic amines) is 1. The van der Waals surface area contributed by atoms with E-state index in [9.17, 15) is 0 Å². The number of rotatable bonds is 2. The number of hydrogen-bond donors (Lipinski definition) is 1. The van der Waals surface area contributed by atoms with Crippen LogP contribution < -0.4 is 0 Å². The Bertz CT molecular complexity index is 112. The number of piperidine rings is 1. The van der Waals surface area contributed by atoms with Gasteiger partial charge in [0.25, 0.3) is 0 Å². The number of aliphatic hydroxyl groups excluding tert-OH is 1. The van der Waals surface area contributed by atoms with E-state index in [1.54, 1.807) is 0 Å². The van der Waals surface area contributed by atoms with E-state index in [1.165, 1.54) is 25.9 Å². The average Bonchev–Trinajstić information content (AvgIpc) is 1.85. The van der Waals surface area contributed by atoms with Crippen LogP contribution in [0.5, 0.6) is 0 Å². The SMILES string of the molecule is CC1CCCN(C[C@H](C)O)C1. The van der Waals surface area contributed by atoms with Gasteiger partial charge in [0.15, 0.2) is 0 Å². The lowest BCUT2D eigenvalue weighted by Gasteiger charge is -2.31. The average molecular weight is 157 g/mol. The molecule has 1 rings (SSSR count). The molecule has 66 valence electrons. The lowest BCUT2D eigenvalue weighted by Crippen LogP contribution is -2.38. The van der Waals surface area contributed by atoms with Gasteiger partial charge in [-0.2, -0.15) is 0 Å². The zero-order valence-corrected chi connectivity index (χ0v) is 7.58. The molecular weight excluding hydrogens is 138 g/mol. The van der Waals surface area contributed by atoms with Crippen LogP contribution in [-0.4, -0.2) is 35.7 Å². The molecule has 1 saturated heterocycles. The van der Waals surface area contributed by atoms with Crippen molar-refractivity contribution in [2.45, 2.75) is 32.8 Å². The maximum absolute atomic E-state index is 9.15. The largest absolute Gasteiger partial charge is 0.392 e. The zero-order chi connectivity index (χ0) is 8.27. The van der Waals surface area contributed by atoms with Crippen LogP contribution in [-0.2, 0) is 0 Å². The highest BCUT2D eigenvalue weighted by Crippen LogP contribution is 2.15. The van der Waals surface area contributed by atoms with E-state index in [-0.39, 0.29) is 6.10 Å². The molecule has 1 N–H and O–H groups in total. The van der Waals surface area contributed by atoms with Crippen LogP contribution in [0.2, 0.25) is 0 Å². The fourth-order valence-corrected chi connectivity index (χ4v) is 1.83. The summed E-state index contributed by atoms with van der Waals surface area (Å²) in [7, 11) is 0. The van der Waals surface area contributed by atoms with Crippen LogP contribution in [0.15, 0.2) is 0 Å². The summed E-state index contributed by atoms with van der Waals surface area (Å²) >= 11 is 0. The highest BCUT2D eigenvalue weighted by atomic mass is 16.3. The minimum absolute atomic E-state index is 0.166. The Morgan fingerprint density at radius 2 is 2.36 bits per heavy atom. The molecule has 0 amide bonds. The van der Waals surface area contributed by atoms with Crippen molar-refractivity contribution in [1.29, 1.82) is 0 Å². The van der Waals surface area contributed by atoms with Gasteiger partial charge in [-0.1, -0.05) is 6.92 Å². The van der Waals surface area contributed by atoms with Crippen molar-refractivity contribution in [2.75, 3.05) is 19.6 Å². The van der Waals surface area contributed by atoms with Crippen LogP contribution in [0.4, 0.5) is 0 Å². The number of nitrogens with zero attached hydrogens (tertiary/aromatic N) is 1. The first-order valence-corrected chi connectivity index (χ1v) is 4.59. The van der Waals surface area contributed by atoms with Crippen LogP contribution in [0, 0.1) is 5.92 Å². The van der Waals surface area contributed by atoms with Gasteiger partial charge in [0.2, 0.25) is 0 Å². The molecule has 2 nitrogen and oxygen atoms in total. The summed E-state index contributed by atoms with van der Waals surface area (Å²) in [5.74, 6) is 0.822. The Hall–Kier alpha value is -0.0800. The van der Waals surface area contributed by atoms with E-state index in [0.29, 0.717) is 0 Å². The molecule has 0 aromatic carbocycles. The smallest absolute Gasteiger partial charge is 0.0639 e. The van der Waals surface area contributed by atoms with E-state index >= 15 is 0 Å². The van der Waals surface area contributed by atoms with Crippen molar-refractivity contribution in [3.05, 3.63) is 0 Å². The molecule has 0 aromatic heterocycles. The van der Waals surface area contributed by atoms with Gasteiger partial charge in [-0.05, 0) is 32.2 Å². The van der Waals surface area contributed by atoms with Crippen molar-refractivity contribution < 1.29 is 5.11 Å². The lowest BCUT2D eigenvalue weighted by atomic mass is 10.0. The molecule has 1 unspecified atom stereocenters. The molecule has 1 heterocycles. The van der Waals surface area contributed by atoms with Crippen molar-refractivity contribution in [3.8, 4) is 0 Å². The van der Waals surface area contributed by atoms with Crippen molar-refractivity contribution in [2.24, 2.45) is 5.92 Å². The maximum Gasteiger partial charge on any atom is 0.0639 e. The summed E-state index contributed by atoms with van der Waals surface area (Å²) in [4.78, 5) is 2.36. The first-order chi connectivity index (χ1) is 5.18. The third-order valence-electron chi connectivity index (χ3n) is 2.26. The Morgan fingerprint density at radius 1 is 1.64 bits per heavy atom. The molecule has 0 radical (unpaired) electrons. The van der Waals surface area contributed by atoms with E-state index in [2.05, 4.69) is 11.8 Å². The molecule has 0 bridgehead atoms. The van der Waals surface area contributed by atoms with Gasteiger partial charge in [0.05, 0.1) is 6.10 Å². The fourth-order valence-electron chi connectivity index (χ4n) is 1.83. The van der Waals surface area contributed by atoms with Crippen LogP contribution in [0.3, 0.4) is 0 Å². The molecule has 1 fully saturated rings. The molecule has 2 heteroatoms. The first kappa shape index (κ1) is 9.01. The second-order valence-electron chi connectivity index (χ2n) is 3.86. The van der Waals surface area contributed by atoms with E-state index in [1.807, 2.05) is 6.92 Å². The standard InChI is InChI=1S/C9H19NO/c1-8-4-3-5-10(6-8)7-9(2)11/h8-9,11H,3-7H2,1-2H3/t8?,9-/m0/s1. The normalized spacial score (nSPS) is 30.3. The van der Waals surface area contributed by atoms with Gasteiger partial charge >= 0.3 is 0 Å². The van der Waals surface area contributed by atoms with Crippen LogP contribution >= 0.6 is 0 Å². The Morgan fingerprint density at radius 3 is 2.91 bits per heavy atom. The summed E-state index contributed by atoms with van der Waals surface area (Å²) in [5.41, 5.74) is 0. The van der Waals surface area contributed by atoms with E-state index in [0.717, 1.165) is 12.5 Å². The predicted octanol–water partition coefficient (Wildman–Crippen LogP) is 1.10. The van der Waals surface area contributed by atoms with Gasteiger partial charge in [-0.25, -0.2) is 0 Å². The third kappa shape index (κ3) is 3.21. The maximum atomic E-state index is 9.15. The van der Waals surface area contributed by atoms with Crippen molar-refractivity contribution in [3.63, 3.8) is 0 Å². The van der Waals surface area contributed by atoms with Gasteiger partial charge < -0.3 is 10.0 Å². The molecule has 0 aromatic rings. The fraction of sp³-hybridized carbons (Fsp3) is 1.00. The molecule has 1 aliphatic rings. The van der Waals surface area contributed by atoms with E-state index < -0.39 is 0 Å². The topological polar surface area (TPSA) is 23.5 Å². The summed E-state index contributed by atoms with van der Waals surface area (Å²) in [6.07, 6.45) is 2.49. The molecule has 2 atom stereocenters. The van der Waals surface area contributed by atoms with Gasteiger partial charge in [-0.3, -0.25) is 0 Å². The molecular formula is C9H19NO.